The molecule has 1 aliphatic rings. The van der Waals surface area contributed by atoms with Crippen LogP contribution < -0.4 is 10.6 Å². The van der Waals surface area contributed by atoms with E-state index in [9.17, 15) is 0 Å². The number of rotatable bonds is 1. The van der Waals surface area contributed by atoms with Crippen molar-refractivity contribution in [3.05, 3.63) is 21.8 Å². The van der Waals surface area contributed by atoms with Crippen LogP contribution in [0.15, 0.2) is 16.7 Å². The van der Waals surface area contributed by atoms with Gasteiger partial charge in [-0.05, 0) is 34.8 Å². The fourth-order valence-corrected chi connectivity index (χ4v) is 2.73. The molecule has 15 heavy (non-hydrogen) atoms. The minimum atomic E-state index is 0.253. The first kappa shape index (κ1) is 11.2. The van der Waals surface area contributed by atoms with Crippen molar-refractivity contribution in [3.63, 3.8) is 0 Å². The first-order chi connectivity index (χ1) is 7.16. The molecule has 0 amide bonds. The van der Waals surface area contributed by atoms with Crippen LogP contribution in [0.4, 0.5) is 5.82 Å². The molecule has 0 aliphatic carbocycles. The highest BCUT2D eigenvalue weighted by Gasteiger charge is 2.19. The maximum atomic E-state index is 5.93. The number of hydrogen-bond donors (Lipinski definition) is 1. The average Bonchev–Trinajstić information content (AvgIpc) is 2.17. The highest BCUT2D eigenvalue weighted by atomic mass is 79.9. The van der Waals surface area contributed by atoms with Crippen molar-refractivity contribution in [3.8, 4) is 0 Å². The molecule has 1 saturated heterocycles. The third-order valence-corrected chi connectivity index (χ3v) is 3.34. The van der Waals surface area contributed by atoms with E-state index in [4.69, 9.17) is 17.3 Å². The molecular weight excluding hydrogens is 277 g/mol. The Labute approximate surface area is 103 Å². The van der Waals surface area contributed by atoms with Gasteiger partial charge in [-0.2, -0.15) is 0 Å². The molecule has 1 aliphatic heterocycles. The summed E-state index contributed by atoms with van der Waals surface area (Å²) in [5.74, 6) is 0.939. The second-order valence-electron chi connectivity index (χ2n) is 3.81. The van der Waals surface area contributed by atoms with E-state index >= 15 is 0 Å². The van der Waals surface area contributed by atoms with Crippen LogP contribution in [0.3, 0.4) is 0 Å². The van der Waals surface area contributed by atoms with Gasteiger partial charge < -0.3 is 10.6 Å². The number of piperidine rings is 1. The lowest BCUT2D eigenvalue weighted by Crippen LogP contribution is -2.43. The minimum Gasteiger partial charge on any atom is -0.354 e. The van der Waals surface area contributed by atoms with E-state index < -0.39 is 0 Å². The molecule has 2 heterocycles. The van der Waals surface area contributed by atoms with Gasteiger partial charge >= 0.3 is 0 Å². The Morgan fingerprint density at radius 2 is 2.40 bits per heavy atom. The van der Waals surface area contributed by atoms with Gasteiger partial charge in [0.1, 0.15) is 5.82 Å². The summed E-state index contributed by atoms with van der Waals surface area (Å²) >= 11 is 9.32. The largest absolute Gasteiger partial charge is 0.354 e. The van der Waals surface area contributed by atoms with E-state index in [0.29, 0.717) is 5.02 Å². The predicted molar refractivity (Wildman–Crippen MR) is 66.4 cm³/mol. The van der Waals surface area contributed by atoms with Crippen LogP contribution >= 0.6 is 27.5 Å². The molecule has 3 nitrogen and oxygen atoms in total. The smallest absolute Gasteiger partial charge is 0.143 e. The third kappa shape index (κ3) is 2.62. The Morgan fingerprint density at radius 1 is 1.60 bits per heavy atom. The summed E-state index contributed by atoms with van der Waals surface area (Å²) in [6.45, 7) is 1.88. The van der Waals surface area contributed by atoms with Gasteiger partial charge in [0.2, 0.25) is 0 Å². The Morgan fingerprint density at radius 3 is 3.07 bits per heavy atom. The Bertz CT molecular complexity index is 359. The number of aromatic nitrogens is 1. The predicted octanol–water partition coefficient (Wildman–Crippen LogP) is 2.42. The lowest BCUT2D eigenvalue weighted by Gasteiger charge is -2.32. The van der Waals surface area contributed by atoms with Crippen LogP contribution in [-0.2, 0) is 0 Å². The highest BCUT2D eigenvalue weighted by molar-refractivity contribution is 9.10. The van der Waals surface area contributed by atoms with Crippen LogP contribution in [-0.4, -0.2) is 24.1 Å². The quantitative estimate of drug-likeness (QED) is 0.864. The monoisotopic (exact) mass is 289 g/mol. The van der Waals surface area contributed by atoms with Crippen LogP contribution in [0, 0.1) is 0 Å². The fraction of sp³-hybridized carbons (Fsp3) is 0.500. The normalized spacial score (nSPS) is 21.8. The van der Waals surface area contributed by atoms with Gasteiger partial charge in [0.15, 0.2) is 0 Å². The summed E-state index contributed by atoms with van der Waals surface area (Å²) in [5, 5.41) is 0.645. The summed E-state index contributed by atoms with van der Waals surface area (Å²) < 4.78 is 0.934. The third-order valence-electron chi connectivity index (χ3n) is 2.55. The SMILES string of the molecule is NC1CCCN(c2ncc(Cl)cc2Br)C1. The fourth-order valence-electron chi connectivity index (χ4n) is 1.84. The maximum absolute atomic E-state index is 5.93. The maximum Gasteiger partial charge on any atom is 0.143 e. The van der Waals surface area contributed by atoms with Crippen LogP contribution in [0.2, 0.25) is 5.02 Å². The van der Waals surface area contributed by atoms with E-state index in [-0.39, 0.29) is 6.04 Å². The van der Waals surface area contributed by atoms with Gasteiger partial charge in [-0.3, -0.25) is 0 Å². The Hall–Kier alpha value is -0.320. The summed E-state index contributed by atoms with van der Waals surface area (Å²) in [5.41, 5.74) is 5.93. The van der Waals surface area contributed by atoms with E-state index in [1.165, 1.54) is 0 Å². The zero-order valence-corrected chi connectivity index (χ0v) is 10.6. The van der Waals surface area contributed by atoms with E-state index in [0.717, 1.165) is 36.2 Å². The van der Waals surface area contributed by atoms with Gasteiger partial charge in [0.25, 0.3) is 0 Å². The van der Waals surface area contributed by atoms with Crippen LogP contribution in [0.1, 0.15) is 12.8 Å². The molecule has 2 rings (SSSR count). The molecule has 0 bridgehead atoms. The van der Waals surface area contributed by atoms with E-state index in [2.05, 4.69) is 25.8 Å². The second-order valence-corrected chi connectivity index (χ2v) is 5.10. The molecule has 0 spiro atoms. The summed E-state index contributed by atoms with van der Waals surface area (Å²) in [6.07, 6.45) is 3.89. The van der Waals surface area contributed by atoms with Gasteiger partial charge in [0.05, 0.1) is 9.50 Å². The summed E-state index contributed by atoms with van der Waals surface area (Å²) in [7, 11) is 0. The Balaban J connectivity index is 2.21. The number of anilines is 1. The van der Waals surface area contributed by atoms with Crippen molar-refractivity contribution in [2.45, 2.75) is 18.9 Å². The second kappa shape index (κ2) is 4.68. The molecule has 1 fully saturated rings. The summed E-state index contributed by atoms with van der Waals surface area (Å²) in [4.78, 5) is 6.53. The van der Waals surface area contributed by atoms with Crippen molar-refractivity contribution in [2.24, 2.45) is 5.73 Å². The van der Waals surface area contributed by atoms with Gasteiger partial charge in [-0.15, -0.1) is 0 Å². The topological polar surface area (TPSA) is 42.1 Å². The molecule has 1 aromatic heterocycles. The lowest BCUT2D eigenvalue weighted by molar-refractivity contribution is 0.503. The average molecular weight is 291 g/mol. The lowest BCUT2D eigenvalue weighted by atomic mass is 10.1. The molecule has 82 valence electrons. The van der Waals surface area contributed by atoms with Gasteiger partial charge in [-0.25, -0.2) is 4.98 Å². The standard InChI is InChI=1S/C10H13BrClN3/c11-9-4-7(12)5-14-10(9)15-3-1-2-8(13)6-15/h4-5,8H,1-3,6,13H2. The van der Waals surface area contributed by atoms with Crippen molar-refractivity contribution in [1.82, 2.24) is 4.98 Å². The minimum absolute atomic E-state index is 0.253. The molecule has 0 aromatic carbocycles. The first-order valence-corrected chi connectivity index (χ1v) is 6.15. The van der Waals surface area contributed by atoms with Crippen LogP contribution in [0.5, 0.6) is 0 Å². The molecule has 1 atom stereocenters. The zero-order chi connectivity index (χ0) is 10.8. The van der Waals surface area contributed by atoms with Gasteiger partial charge in [-0.1, -0.05) is 11.6 Å². The Kier molecular flexibility index (Phi) is 3.49. The first-order valence-electron chi connectivity index (χ1n) is 4.98. The number of pyridine rings is 1. The van der Waals surface area contributed by atoms with Crippen LogP contribution in [0.25, 0.3) is 0 Å². The van der Waals surface area contributed by atoms with E-state index in [1.54, 1.807) is 6.20 Å². The van der Waals surface area contributed by atoms with Crippen molar-refractivity contribution in [1.29, 1.82) is 0 Å². The molecule has 5 heteroatoms. The van der Waals surface area contributed by atoms with Crippen molar-refractivity contribution >= 4 is 33.3 Å². The molecule has 2 N–H and O–H groups in total. The number of hydrogen-bond acceptors (Lipinski definition) is 3. The highest BCUT2D eigenvalue weighted by Crippen LogP contribution is 2.28. The van der Waals surface area contributed by atoms with Crippen molar-refractivity contribution < 1.29 is 0 Å². The number of halogens is 2. The zero-order valence-electron chi connectivity index (χ0n) is 8.29. The molecular formula is C10H13BrClN3. The number of nitrogens with zero attached hydrogens (tertiary/aromatic N) is 2. The number of nitrogens with two attached hydrogens (primary N) is 1. The van der Waals surface area contributed by atoms with E-state index in [1.807, 2.05) is 6.07 Å². The van der Waals surface area contributed by atoms with Crippen molar-refractivity contribution in [2.75, 3.05) is 18.0 Å². The van der Waals surface area contributed by atoms with Gasteiger partial charge in [0, 0.05) is 25.3 Å². The molecule has 1 unspecified atom stereocenters. The molecule has 1 aromatic rings. The molecule has 0 saturated carbocycles. The molecule has 0 radical (unpaired) electrons. The summed E-state index contributed by atoms with van der Waals surface area (Å²) in [6, 6.07) is 2.12.